The van der Waals surface area contributed by atoms with Crippen molar-refractivity contribution in [1.29, 1.82) is 0 Å². The smallest absolute Gasteiger partial charge is 0.243 e. The van der Waals surface area contributed by atoms with Gasteiger partial charge in [-0.05, 0) is 35.9 Å². The Morgan fingerprint density at radius 2 is 1.80 bits per heavy atom. The Morgan fingerprint density at radius 3 is 2.50 bits per heavy atom. The van der Waals surface area contributed by atoms with Crippen molar-refractivity contribution in [2.75, 3.05) is 31.1 Å². The van der Waals surface area contributed by atoms with Gasteiger partial charge in [-0.1, -0.05) is 35.3 Å². The number of aromatic nitrogens is 1. The molecule has 0 aliphatic carbocycles. The Balaban J connectivity index is 1.40. The maximum atomic E-state index is 13.4. The van der Waals surface area contributed by atoms with E-state index in [4.69, 9.17) is 23.2 Å². The number of rotatable bonds is 5. The second kappa shape index (κ2) is 8.80. The topological polar surface area (TPSA) is 53.5 Å². The molecule has 1 aliphatic rings. The highest BCUT2D eigenvalue weighted by atomic mass is 35.5. The summed E-state index contributed by atoms with van der Waals surface area (Å²) in [7, 11) is -3.71. The Morgan fingerprint density at radius 1 is 1.03 bits per heavy atom. The first-order valence-electron chi connectivity index (χ1n) is 9.22. The van der Waals surface area contributed by atoms with Crippen molar-refractivity contribution < 1.29 is 12.8 Å². The number of hydrogen-bond acceptors (Lipinski definition) is 5. The van der Waals surface area contributed by atoms with Crippen LogP contribution in [-0.2, 0) is 16.4 Å². The van der Waals surface area contributed by atoms with Gasteiger partial charge in [0.15, 0.2) is 5.13 Å². The zero-order valence-electron chi connectivity index (χ0n) is 15.8. The summed E-state index contributed by atoms with van der Waals surface area (Å²) < 4.78 is 40.3. The minimum absolute atomic E-state index is 0.0193. The molecule has 0 N–H and O–H groups in total. The van der Waals surface area contributed by atoms with Crippen LogP contribution in [0.15, 0.2) is 52.7 Å². The quantitative estimate of drug-likeness (QED) is 0.525. The van der Waals surface area contributed by atoms with Gasteiger partial charge in [0.05, 0.1) is 20.6 Å². The van der Waals surface area contributed by atoms with Crippen LogP contribution in [0.3, 0.4) is 0 Å². The molecule has 0 atom stereocenters. The lowest BCUT2D eigenvalue weighted by atomic mass is 10.1. The Kier molecular flexibility index (Phi) is 6.31. The highest BCUT2D eigenvalue weighted by molar-refractivity contribution is 7.89. The third kappa shape index (κ3) is 4.63. The van der Waals surface area contributed by atoms with Crippen LogP contribution >= 0.6 is 34.5 Å². The van der Waals surface area contributed by atoms with Crippen molar-refractivity contribution in [3.63, 3.8) is 0 Å². The van der Waals surface area contributed by atoms with Crippen LogP contribution in [-0.4, -0.2) is 43.9 Å². The molecule has 0 saturated carbocycles. The third-order valence-corrected chi connectivity index (χ3v) is 8.44. The van der Waals surface area contributed by atoms with Crippen molar-refractivity contribution >= 4 is 49.7 Å². The summed E-state index contributed by atoms with van der Waals surface area (Å²) in [5.41, 5.74) is 1.94. The molecule has 0 amide bonds. The summed E-state index contributed by atoms with van der Waals surface area (Å²) in [6, 6.07) is 10.6. The van der Waals surface area contributed by atoms with Gasteiger partial charge < -0.3 is 4.90 Å². The van der Waals surface area contributed by atoms with Crippen LogP contribution in [0.4, 0.5) is 9.52 Å². The molecule has 5 nitrogen and oxygen atoms in total. The first kappa shape index (κ1) is 21.5. The zero-order valence-corrected chi connectivity index (χ0v) is 18.9. The minimum Gasteiger partial charge on any atom is -0.345 e. The fourth-order valence-corrected chi connectivity index (χ4v) is 5.93. The average Bonchev–Trinajstić information content (AvgIpc) is 3.19. The molecule has 1 saturated heterocycles. The van der Waals surface area contributed by atoms with E-state index >= 15 is 0 Å². The normalized spacial score (nSPS) is 15.5. The van der Waals surface area contributed by atoms with Gasteiger partial charge in [-0.25, -0.2) is 17.8 Å². The van der Waals surface area contributed by atoms with Gasteiger partial charge in [-0.15, -0.1) is 11.3 Å². The first-order chi connectivity index (χ1) is 14.3. The predicted molar refractivity (Wildman–Crippen MR) is 119 cm³/mol. The summed E-state index contributed by atoms with van der Waals surface area (Å²) in [5.74, 6) is -0.563. The van der Waals surface area contributed by atoms with Crippen LogP contribution in [0.5, 0.6) is 0 Å². The van der Waals surface area contributed by atoms with Crippen LogP contribution in [0.2, 0.25) is 10.0 Å². The lowest BCUT2D eigenvalue weighted by Gasteiger charge is -2.33. The Labute approximate surface area is 188 Å². The zero-order chi connectivity index (χ0) is 21.3. The maximum Gasteiger partial charge on any atom is 0.243 e. The van der Waals surface area contributed by atoms with E-state index in [0.29, 0.717) is 42.6 Å². The Hall–Kier alpha value is -1.71. The van der Waals surface area contributed by atoms with Gasteiger partial charge in [-0.3, -0.25) is 0 Å². The van der Waals surface area contributed by atoms with Gasteiger partial charge in [0.2, 0.25) is 10.0 Å². The van der Waals surface area contributed by atoms with E-state index in [9.17, 15) is 12.8 Å². The van der Waals surface area contributed by atoms with Gasteiger partial charge in [0.25, 0.3) is 0 Å². The number of hydrogen-bond donors (Lipinski definition) is 0. The summed E-state index contributed by atoms with van der Waals surface area (Å²) in [6.45, 7) is 1.68. The van der Waals surface area contributed by atoms with Gasteiger partial charge in [0, 0.05) is 38.0 Å². The highest BCUT2D eigenvalue weighted by Crippen LogP contribution is 2.27. The van der Waals surface area contributed by atoms with E-state index in [1.807, 2.05) is 17.5 Å². The Bertz CT molecular complexity index is 1160. The van der Waals surface area contributed by atoms with Crippen molar-refractivity contribution in [3.05, 3.63) is 75.0 Å². The SMILES string of the molecule is O=S(=O)(c1cccc(F)c1)N1CCN(c2nc(Cc3ccc(Cl)c(Cl)c3)cs2)CC1. The van der Waals surface area contributed by atoms with E-state index in [2.05, 4.69) is 9.88 Å². The molecule has 1 aliphatic heterocycles. The number of anilines is 1. The molecule has 0 spiro atoms. The van der Waals surface area contributed by atoms with Gasteiger partial charge in [-0.2, -0.15) is 4.31 Å². The number of sulfonamides is 1. The molecule has 158 valence electrons. The molecule has 10 heteroatoms. The van der Waals surface area contributed by atoms with Crippen LogP contribution in [0, 0.1) is 5.82 Å². The second-order valence-electron chi connectivity index (χ2n) is 6.90. The predicted octanol–water partition coefficient (Wildman–Crippen LogP) is 4.69. The first-order valence-corrected chi connectivity index (χ1v) is 12.3. The number of thiazole rings is 1. The monoisotopic (exact) mass is 485 g/mol. The molecule has 0 radical (unpaired) electrons. The molecule has 2 heterocycles. The molecular formula is C20H18Cl2FN3O2S2. The van der Waals surface area contributed by atoms with E-state index < -0.39 is 15.8 Å². The van der Waals surface area contributed by atoms with Crippen LogP contribution in [0.25, 0.3) is 0 Å². The van der Waals surface area contributed by atoms with E-state index in [1.165, 1.54) is 33.8 Å². The molecule has 1 fully saturated rings. The van der Waals surface area contributed by atoms with E-state index in [1.54, 1.807) is 6.07 Å². The second-order valence-corrected chi connectivity index (χ2v) is 10.5. The number of halogens is 3. The summed E-state index contributed by atoms with van der Waals surface area (Å²) in [6.07, 6.45) is 0.640. The highest BCUT2D eigenvalue weighted by Gasteiger charge is 2.29. The fourth-order valence-electron chi connectivity index (χ4n) is 3.28. The van der Waals surface area contributed by atoms with Crippen molar-refractivity contribution in [2.45, 2.75) is 11.3 Å². The standard InChI is InChI=1S/C20H18Cl2FN3O2S2/c21-18-5-4-14(11-19(18)22)10-16-13-29-20(24-16)25-6-8-26(9-7-25)30(27,28)17-3-1-2-15(23)12-17/h1-5,11-13H,6-10H2. The molecule has 3 aromatic rings. The van der Waals surface area contributed by atoms with Crippen LogP contribution < -0.4 is 4.90 Å². The number of nitrogens with zero attached hydrogens (tertiary/aromatic N) is 3. The number of piperazine rings is 1. The van der Waals surface area contributed by atoms with Crippen LogP contribution in [0.1, 0.15) is 11.3 Å². The lowest BCUT2D eigenvalue weighted by Crippen LogP contribution is -2.48. The summed E-state index contributed by atoms with van der Waals surface area (Å²) in [5, 5.41) is 3.88. The fraction of sp³-hybridized carbons (Fsp3) is 0.250. The largest absolute Gasteiger partial charge is 0.345 e. The lowest BCUT2D eigenvalue weighted by molar-refractivity contribution is 0.384. The average molecular weight is 486 g/mol. The van der Waals surface area contributed by atoms with Crippen molar-refractivity contribution in [2.24, 2.45) is 0 Å². The summed E-state index contributed by atoms with van der Waals surface area (Å²) >= 11 is 13.6. The van der Waals surface area contributed by atoms with Crippen molar-refractivity contribution in [3.8, 4) is 0 Å². The van der Waals surface area contributed by atoms with Crippen molar-refractivity contribution in [1.82, 2.24) is 9.29 Å². The van der Waals surface area contributed by atoms with Gasteiger partial charge >= 0.3 is 0 Å². The third-order valence-electron chi connectivity index (χ3n) is 4.85. The molecule has 2 aromatic carbocycles. The molecule has 0 bridgehead atoms. The molecule has 30 heavy (non-hydrogen) atoms. The number of benzene rings is 2. The molecule has 4 rings (SSSR count). The van der Waals surface area contributed by atoms with Gasteiger partial charge in [0.1, 0.15) is 5.82 Å². The summed E-state index contributed by atoms with van der Waals surface area (Å²) in [4.78, 5) is 6.74. The van der Waals surface area contributed by atoms with E-state index in [-0.39, 0.29) is 4.90 Å². The maximum absolute atomic E-state index is 13.4. The minimum atomic E-state index is -3.71. The molecular weight excluding hydrogens is 468 g/mol. The molecule has 0 unspecified atom stereocenters. The molecule has 1 aromatic heterocycles. The van der Waals surface area contributed by atoms with E-state index in [0.717, 1.165) is 22.5 Å².